The highest BCUT2D eigenvalue weighted by Crippen LogP contribution is 2.21. The van der Waals surface area contributed by atoms with Gasteiger partial charge in [-0.3, -0.25) is 4.79 Å². The Kier molecular flexibility index (Phi) is 3.07. The number of hydrogen-bond acceptors (Lipinski definition) is 2. The average molecular weight is 178 g/mol. The third-order valence-electron chi connectivity index (χ3n) is 2.05. The number of carbonyl (C=O) groups excluding carboxylic acids is 1. The Morgan fingerprint density at radius 3 is 2.46 bits per heavy atom. The van der Waals surface area contributed by atoms with E-state index in [0.29, 0.717) is 17.9 Å². The minimum absolute atomic E-state index is 0.587. The molecule has 0 aliphatic heterocycles. The van der Waals surface area contributed by atoms with Crippen LogP contribution in [0.5, 0.6) is 5.75 Å². The number of rotatable bonds is 3. The second kappa shape index (κ2) is 4.08. The Balaban J connectivity index is 3.16. The molecule has 0 saturated heterocycles. The van der Waals surface area contributed by atoms with Crippen LogP contribution in [0.4, 0.5) is 0 Å². The summed E-state index contributed by atoms with van der Waals surface area (Å²) < 4.78 is 5.33. The molecule has 0 spiro atoms. The van der Waals surface area contributed by atoms with Gasteiger partial charge in [-0.1, -0.05) is 0 Å². The van der Waals surface area contributed by atoms with E-state index in [1.54, 1.807) is 0 Å². The van der Waals surface area contributed by atoms with Crippen LogP contribution in [0.3, 0.4) is 0 Å². The van der Waals surface area contributed by atoms with E-state index < -0.39 is 0 Å². The Morgan fingerprint density at radius 2 is 1.92 bits per heavy atom. The molecular formula is C11H14O2. The molecule has 0 aromatic heterocycles. The second-order valence-electron chi connectivity index (χ2n) is 3.03. The molecule has 0 N–H and O–H groups in total. The lowest BCUT2D eigenvalue weighted by molar-refractivity contribution is 0.112. The van der Waals surface area contributed by atoms with Crippen molar-refractivity contribution < 1.29 is 9.53 Å². The first-order valence-corrected chi connectivity index (χ1v) is 4.38. The molecule has 70 valence electrons. The summed E-state index contributed by atoms with van der Waals surface area (Å²) in [5.74, 6) is 0.681. The third-order valence-corrected chi connectivity index (χ3v) is 2.05. The van der Waals surface area contributed by atoms with Crippen molar-refractivity contribution in [2.24, 2.45) is 0 Å². The standard InChI is InChI=1S/C11H14O2/c1-4-13-11-6-9(3)8(2)5-10(11)7-12/h5-7H,4H2,1-3H3. The first-order chi connectivity index (χ1) is 6.19. The molecule has 1 aromatic rings. The van der Waals surface area contributed by atoms with Crippen LogP contribution in [0, 0.1) is 13.8 Å². The summed E-state index contributed by atoms with van der Waals surface area (Å²) in [7, 11) is 0. The summed E-state index contributed by atoms with van der Waals surface area (Å²) in [6.07, 6.45) is 0.831. The van der Waals surface area contributed by atoms with Crippen LogP contribution in [0.15, 0.2) is 12.1 Å². The van der Waals surface area contributed by atoms with Crippen LogP contribution in [-0.4, -0.2) is 12.9 Å². The van der Waals surface area contributed by atoms with Gasteiger partial charge in [0.2, 0.25) is 0 Å². The first-order valence-electron chi connectivity index (χ1n) is 4.38. The Morgan fingerprint density at radius 1 is 1.31 bits per heavy atom. The molecule has 0 atom stereocenters. The average Bonchev–Trinajstić information content (AvgIpc) is 2.11. The quantitative estimate of drug-likeness (QED) is 0.665. The molecular weight excluding hydrogens is 164 g/mol. The van der Waals surface area contributed by atoms with Crippen molar-refractivity contribution in [1.82, 2.24) is 0 Å². The molecule has 0 heterocycles. The Hall–Kier alpha value is -1.31. The maximum absolute atomic E-state index is 10.7. The Labute approximate surface area is 78.5 Å². The van der Waals surface area contributed by atoms with E-state index in [0.717, 1.165) is 17.4 Å². The minimum Gasteiger partial charge on any atom is -0.493 e. The lowest BCUT2D eigenvalue weighted by Gasteiger charge is -2.08. The highest BCUT2D eigenvalue weighted by molar-refractivity contribution is 5.80. The molecule has 0 unspecified atom stereocenters. The van der Waals surface area contributed by atoms with Crippen molar-refractivity contribution >= 4 is 6.29 Å². The van der Waals surface area contributed by atoms with Crippen molar-refractivity contribution in [3.63, 3.8) is 0 Å². The van der Waals surface area contributed by atoms with Gasteiger partial charge in [0.1, 0.15) is 5.75 Å². The van der Waals surface area contributed by atoms with E-state index in [-0.39, 0.29) is 0 Å². The summed E-state index contributed by atoms with van der Waals surface area (Å²) in [5.41, 5.74) is 2.89. The Bertz CT molecular complexity index is 316. The molecule has 2 heteroatoms. The number of carbonyl (C=O) groups is 1. The summed E-state index contributed by atoms with van der Waals surface area (Å²) in [6, 6.07) is 3.76. The van der Waals surface area contributed by atoms with Crippen LogP contribution in [0.25, 0.3) is 0 Å². The molecule has 13 heavy (non-hydrogen) atoms. The molecule has 0 aliphatic rings. The summed E-state index contributed by atoms with van der Waals surface area (Å²) in [6.45, 7) is 6.48. The van der Waals surface area contributed by atoms with Crippen molar-refractivity contribution in [1.29, 1.82) is 0 Å². The lowest BCUT2D eigenvalue weighted by atomic mass is 10.1. The van der Waals surface area contributed by atoms with Gasteiger partial charge >= 0.3 is 0 Å². The number of hydrogen-bond donors (Lipinski definition) is 0. The van der Waals surface area contributed by atoms with Crippen molar-refractivity contribution in [3.8, 4) is 5.75 Å². The van der Waals surface area contributed by atoms with E-state index in [9.17, 15) is 4.79 Å². The third kappa shape index (κ3) is 2.08. The van der Waals surface area contributed by atoms with Gasteiger partial charge in [0, 0.05) is 0 Å². The molecule has 2 nitrogen and oxygen atoms in total. The van der Waals surface area contributed by atoms with E-state index in [1.165, 1.54) is 0 Å². The largest absolute Gasteiger partial charge is 0.493 e. The second-order valence-corrected chi connectivity index (χ2v) is 3.03. The maximum atomic E-state index is 10.7. The van der Waals surface area contributed by atoms with Gasteiger partial charge in [-0.15, -0.1) is 0 Å². The van der Waals surface area contributed by atoms with Gasteiger partial charge < -0.3 is 4.74 Å². The smallest absolute Gasteiger partial charge is 0.153 e. The van der Waals surface area contributed by atoms with E-state index in [4.69, 9.17) is 4.74 Å². The predicted molar refractivity (Wildman–Crippen MR) is 52.5 cm³/mol. The molecule has 0 radical (unpaired) electrons. The summed E-state index contributed by atoms with van der Waals surface area (Å²) >= 11 is 0. The van der Waals surface area contributed by atoms with Crippen LogP contribution in [0.2, 0.25) is 0 Å². The van der Waals surface area contributed by atoms with Gasteiger partial charge in [0.25, 0.3) is 0 Å². The number of aldehydes is 1. The zero-order chi connectivity index (χ0) is 9.84. The van der Waals surface area contributed by atoms with Crippen molar-refractivity contribution in [2.45, 2.75) is 20.8 Å². The van der Waals surface area contributed by atoms with Crippen LogP contribution >= 0.6 is 0 Å². The fraction of sp³-hybridized carbons (Fsp3) is 0.364. The number of aryl methyl sites for hydroxylation is 2. The van der Waals surface area contributed by atoms with E-state index in [2.05, 4.69) is 0 Å². The van der Waals surface area contributed by atoms with Crippen LogP contribution in [0.1, 0.15) is 28.4 Å². The summed E-state index contributed by atoms with van der Waals surface area (Å²) in [4.78, 5) is 10.7. The molecule has 0 saturated carbocycles. The number of ether oxygens (including phenoxy) is 1. The highest BCUT2D eigenvalue weighted by Gasteiger charge is 2.04. The summed E-state index contributed by atoms with van der Waals surface area (Å²) in [5, 5.41) is 0. The monoisotopic (exact) mass is 178 g/mol. The fourth-order valence-electron chi connectivity index (χ4n) is 1.18. The topological polar surface area (TPSA) is 26.3 Å². The molecule has 0 bridgehead atoms. The zero-order valence-electron chi connectivity index (χ0n) is 8.26. The maximum Gasteiger partial charge on any atom is 0.153 e. The van der Waals surface area contributed by atoms with Crippen LogP contribution < -0.4 is 4.74 Å². The fourth-order valence-corrected chi connectivity index (χ4v) is 1.18. The molecule has 0 amide bonds. The van der Waals surface area contributed by atoms with Crippen LogP contribution in [-0.2, 0) is 0 Å². The minimum atomic E-state index is 0.587. The van der Waals surface area contributed by atoms with Gasteiger partial charge in [0.15, 0.2) is 6.29 Å². The van der Waals surface area contributed by atoms with Gasteiger partial charge in [-0.05, 0) is 44.0 Å². The van der Waals surface area contributed by atoms with Gasteiger partial charge in [-0.2, -0.15) is 0 Å². The molecule has 1 aromatic carbocycles. The van der Waals surface area contributed by atoms with Crippen molar-refractivity contribution in [2.75, 3.05) is 6.61 Å². The number of benzene rings is 1. The van der Waals surface area contributed by atoms with E-state index >= 15 is 0 Å². The highest BCUT2D eigenvalue weighted by atomic mass is 16.5. The zero-order valence-corrected chi connectivity index (χ0v) is 8.26. The lowest BCUT2D eigenvalue weighted by Crippen LogP contribution is -1.97. The first kappa shape index (κ1) is 9.78. The van der Waals surface area contributed by atoms with Gasteiger partial charge in [0.05, 0.1) is 12.2 Å². The normalized spacial score (nSPS) is 9.77. The predicted octanol–water partition coefficient (Wildman–Crippen LogP) is 2.51. The molecule has 1 rings (SSSR count). The molecule has 0 aliphatic carbocycles. The van der Waals surface area contributed by atoms with Crippen molar-refractivity contribution in [3.05, 3.63) is 28.8 Å². The van der Waals surface area contributed by atoms with Gasteiger partial charge in [-0.25, -0.2) is 0 Å². The SMILES string of the molecule is CCOc1cc(C)c(C)cc1C=O. The molecule has 0 fully saturated rings. The van der Waals surface area contributed by atoms with E-state index in [1.807, 2.05) is 32.9 Å².